The molecule has 2 rings (SSSR count). The molecule has 0 aromatic heterocycles. The van der Waals surface area contributed by atoms with Gasteiger partial charge in [0.2, 0.25) is 0 Å². The molecule has 0 heterocycles. The van der Waals surface area contributed by atoms with Gasteiger partial charge >= 0.3 is 5.97 Å². The van der Waals surface area contributed by atoms with E-state index in [4.69, 9.17) is 28.9 Å². The molecule has 0 aliphatic carbocycles. The van der Waals surface area contributed by atoms with Crippen LogP contribution >= 0.6 is 23.2 Å². The van der Waals surface area contributed by atoms with Crippen LogP contribution in [0.15, 0.2) is 36.4 Å². The molecule has 0 atom stereocenters. The summed E-state index contributed by atoms with van der Waals surface area (Å²) in [6.07, 6.45) is 0. The summed E-state index contributed by atoms with van der Waals surface area (Å²) < 4.78 is 4.63. The predicted octanol–water partition coefficient (Wildman–Crippen LogP) is 3.76. The number of carbonyl (C=O) groups is 1. The second-order valence-electron chi connectivity index (χ2n) is 4.14. The molecule has 0 amide bonds. The van der Waals surface area contributed by atoms with E-state index in [9.17, 15) is 4.79 Å². The number of anilines is 1. The predicted molar refractivity (Wildman–Crippen MR) is 84.6 cm³/mol. The first kappa shape index (κ1) is 15.2. The fraction of sp³-hybridized carbons (Fsp3) is 0.0625. The van der Waals surface area contributed by atoms with E-state index in [2.05, 4.69) is 16.6 Å². The maximum Gasteiger partial charge on any atom is 0.339 e. The van der Waals surface area contributed by atoms with Gasteiger partial charge in [-0.05, 0) is 30.3 Å². The van der Waals surface area contributed by atoms with Gasteiger partial charge in [0.1, 0.15) is 0 Å². The Labute approximate surface area is 132 Å². The van der Waals surface area contributed by atoms with Crippen LogP contribution in [-0.2, 0) is 4.74 Å². The topological polar surface area (TPSA) is 52.3 Å². The number of esters is 1. The molecule has 0 saturated heterocycles. The van der Waals surface area contributed by atoms with Gasteiger partial charge in [0.25, 0.3) is 0 Å². The Morgan fingerprint density at radius 2 is 1.81 bits per heavy atom. The maximum atomic E-state index is 11.4. The number of nitrogen functional groups attached to an aromatic ring is 1. The molecule has 21 heavy (non-hydrogen) atoms. The van der Waals surface area contributed by atoms with E-state index in [0.717, 1.165) is 0 Å². The average Bonchev–Trinajstić information content (AvgIpc) is 2.46. The van der Waals surface area contributed by atoms with Crippen LogP contribution < -0.4 is 5.73 Å². The van der Waals surface area contributed by atoms with Gasteiger partial charge in [-0.3, -0.25) is 0 Å². The van der Waals surface area contributed by atoms with E-state index in [0.29, 0.717) is 32.4 Å². The third kappa shape index (κ3) is 3.49. The Kier molecular flexibility index (Phi) is 4.74. The molecule has 0 saturated carbocycles. The minimum absolute atomic E-state index is 0.304. The van der Waals surface area contributed by atoms with Crippen molar-refractivity contribution < 1.29 is 9.53 Å². The van der Waals surface area contributed by atoms with Crippen molar-refractivity contribution in [2.24, 2.45) is 0 Å². The number of rotatable bonds is 1. The highest BCUT2D eigenvalue weighted by molar-refractivity contribution is 6.36. The summed E-state index contributed by atoms with van der Waals surface area (Å²) >= 11 is 12.1. The van der Waals surface area contributed by atoms with Crippen LogP contribution in [0.4, 0.5) is 5.69 Å². The normalized spacial score (nSPS) is 9.67. The summed E-state index contributed by atoms with van der Waals surface area (Å²) in [6, 6.07) is 10.0. The number of halogens is 2. The van der Waals surface area contributed by atoms with E-state index in [1.54, 1.807) is 36.4 Å². The molecule has 2 N–H and O–H groups in total. The van der Waals surface area contributed by atoms with Gasteiger partial charge < -0.3 is 10.5 Å². The maximum absolute atomic E-state index is 11.4. The number of methoxy groups -OCH3 is 1. The van der Waals surface area contributed by atoms with E-state index in [1.165, 1.54) is 7.11 Å². The van der Waals surface area contributed by atoms with Gasteiger partial charge in [-0.1, -0.05) is 41.1 Å². The lowest BCUT2D eigenvalue weighted by Gasteiger charge is -2.03. The highest BCUT2D eigenvalue weighted by Gasteiger charge is 2.09. The molecule has 2 aromatic carbocycles. The van der Waals surface area contributed by atoms with Gasteiger partial charge in [-0.2, -0.15) is 0 Å². The molecule has 0 unspecified atom stereocenters. The Morgan fingerprint density at radius 1 is 1.14 bits per heavy atom. The standard InChI is InChI=1S/C16H11Cl2NO2/c1-21-16(20)12-8-6-10(9-15(12)19)5-7-11-13(17)3-2-4-14(11)18/h2-4,6,8-9H,19H2,1H3. The van der Waals surface area contributed by atoms with Crippen LogP contribution in [0, 0.1) is 11.8 Å². The number of hydrogen-bond acceptors (Lipinski definition) is 3. The largest absolute Gasteiger partial charge is 0.465 e. The lowest BCUT2D eigenvalue weighted by molar-refractivity contribution is 0.0602. The van der Waals surface area contributed by atoms with Crippen molar-refractivity contribution in [3.63, 3.8) is 0 Å². The third-order valence-corrected chi connectivity index (χ3v) is 3.38. The monoisotopic (exact) mass is 319 g/mol. The van der Waals surface area contributed by atoms with Crippen LogP contribution in [0.1, 0.15) is 21.5 Å². The zero-order valence-corrected chi connectivity index (χ0v) is 12.6. The van der Waals surface area contributed by atoms with Crippen LogP contribution in [-0.4, -0.2) is 13.1 Å². The van der Waals surface area contributed by atoms with Crippen molar-refractivity contribution in [3.8, 4) is 11.8 Å². The summed E-state index contributed by atoms with van der Waals surface area (Å²) in [4.78, 5) is 11.4. The van der Waals surface area contributed by atoms with Gasteiger partial charge in [-0.15, -0.1) is 0 Å². The first-order valence-electron chi connectivity index (χ1n) is 5.97. The smallest absolute Gasteiger partial charge is 0.339 e. The van der Waals surface area contributed by atoms with E-state index < -0.39 is 5.97 Å². The Balaban J connectivity index is 2.36. The third-order valence-electron chi connectivity index (χ3n) is 2.75. The number of hydrogen-bond donors (Lipinski definition) is 1. The SMILES string of the molecule is COC(=O)c1ccc(C#Cc2c(Cl)cccc2Cl)cc1N. The van der Waals surface area contributed by atoms with Crippen LogP contribution in [0.5, 0.6) is 0 Å². The van der Waals surface area contributed by atoms with E-state index in [-0.39, 0.29) is 0 Å². The molecule has 0 radical (unpaired) electrons. The van der Waals surface area contributed by atoms with Crippen molar-refractivity contribution in [1.82, 2.24) is 0 Å². The van der Waals surface area contributed by atoms with Crippen LogP contribution in [0.25, 0.3) is 0 Å². The highest BCUT2D eigenvalue weighted by Crippen LogP contribution is 2.23. The molecule has 106 valence electrons. The molecule has 2 aromatic rings. The molecule has 0 aliphatic rings. The Morgan fingerprint density at radius 3 is 2.38 bits per heavy atom. The number of benzene rings is 2. The fourth-order valence-corrected chi connectivity index (χ4v) is 2.18. The second kappa shape index (κ2) is 6.53. The fourth-order valence-electron chi connectivity index (χ4n) is 1.69. The lowest BCUT2D eigenvalue weighted by atomic mass is 10.1. The van der Waals surface area contributed by atoms with Gasteiger partial charge in [0, 0.05) is 11.3 Å². The molecule has 3 nitrogen and oxygen atoms in total. The van der Waals surface area contributed by atoms with Gasteiger partial charge in [-0.25, -0.2) is 4.79 Å². The first-order valence-corrected chi connectivity index (χ1v) is 6.72. The van der Waals surface area contributed by atoms with Crippen molar-refractivity contribution in [2.45, 2.75) is 0 Å². The molecule has 0 bridgehead atoms. The molecule has 0 aliphatic heterocycles. The Hall–Kier alpha value is -2.15. The van der Waals surface area contributed by atoms with Crippen molar-refractivity contribution >= 4 is 34.9 Å². The molecule has 5 heteroatoms. The number of carbonyl (C=O) groups excluding carboxylic acids is 1. The Bertz CT molecular complexity index is 740. The minimum Gasteiger partial charge on any atom is -0.465 e. The lowest BCUT2D eigenvalue weighted by Crippen LogP contribution is -2.05. The van der Waals surface area contributed by atoms with Crippen molar-refractivity contribution in [1.29, 1.82) is 0 Å². The zero-order chi connectivity index (χ0) is 15.4. The molecule has 0 fully saturated rings. The summed E-state index contributed by atoms with van der Waals surface area (Å²) in [5, 5.41) is 0.961. The van der Waals surface area contributed by atoms with Crippen LogP contribution in [0.3, 0.4) is 0 Å². The second-order valence-corrected chi connectivity index (χ2v) is 4.95. The average molecular weight is 320 g/mol. The summed E-state index contributed by atoms with van der Waals surface area (Å²) in [5.41, 5.74) is 7.62. The molecular formula is C16H11Cl2NO2. The highest BCUT2D eigenvalue weighted by atomic mass is 35.5. The molecular weight excluding hydrogens is 309 g/mol. The van der Waals surface area contributed by atoms with Crippen LogP contribution in [0.2, 0.25) is 10.0 Å². The first-order chi connectivity index (χ1) is 10.0. The molecule has 0 spiro atoms. The van der Waals surface area contributed by atoms with Gasteiger partial charge in [0.15, 0.2) is 0 Å². The number of ether oxygens (including phenoxy) is 1. The van der Waals surface area contributed by atoms with Crippen molar-refractivity contribution in [2.75, 3.05) is 12.8 Å². The van der Waals surface area contributed by atoms with E-state index in [1.807, 2.05) is 0 Å². The number of nitrogens with two attached hydrogens (primary N) is 1. The summed E-state index contributed by atoms with van der Waals surface area (Å²) in [6.45, 7) is 0. The minimum atomic E-state index is -0.485. The summed E-state index contributed by atoms with van der Waals surface area (Å²) in [7, 11) is 1.30. The zero-order valence-electron chi connectivity index (χ0n) is 11.1. The summed E-state index contributed by atoms with van der Waals surface area (Å²) in [5.74, 6) is 5.33. The quantitative estimate of drug-likeness (QED) is 0.494. The van der Waals surface area contributed by atoms with Crippen molar-refractivity contribution in [3.05, 3.63) is 63.1 Å². The van der Waals surface area contributed by atoms with Gasteiger partial charge in [0.05, 0.1) is 28.3 Å². The van der Waals surface area contributed by atoms with E-state index >= 15 is 0 Å².